The largest absolute Gasteiger partial charge is 1.00 e. The van der Waals surface area contributed by atoms with Crippen molar-refractivity contribution in [1.29, 1.82) is 0 Å². The molecule has 0 aliphatic rings. The van der Waals surface area contributed by atoms with Gasteiger partial charge in [-0.25, -0.2) is 0 Å². The van der Waals surface area contributed by atoms with E-state index in [1.807, 2.05) is 0 Å². The Morgan fingerprint density at radius 1 is 0.773 bits per heavy atom. The maximum absolute atomic E-state index is 11.2. The summed E-state index contributed by atoms with van der Waals surface area (Å²) < 4.78 is 27.2. The molecule has 0 aromatic rings. The molecule has 0 aliphatic heterocycles. The summed E-state index contributed by atoms with van der Waals surface area (Å²) in [6, 6.07) is 0. The molecule has 0 saturated heterocycles. The Morgan fingerprint density at radius 3 is 1.59 bits per heavy atom. The summed E-state index contributed by atoms with van der Waals surface area (Å²) in [5, 5.41) is 0. The van der Waals surface area contributed by atoms with Crippen LogP contribution in [0.15, 0.2) is 0 Å². The third-order valence-electron chi connectivity index (χ3n) is 3.61. The first kappa shape index (κ1) is 25.1. The van der Waals surface area contributed by atoms with E-state index in [2.05, 4.69) is 6.92 Å². The van der Waals surface area contributed by atoms with Gasteiger partial charge in [-0.15, -0.1) is 6.54 Å². The second-order valence-electron chi connectivity index (χ2n) is 5.72. The number of hydrogen-bond acceptors (Lipinski definition) is 3. The average Bonchev–Trinajstić information content (AvgIpc) is 2.44. The van der Waals surface area contributed by atoms with Crippen LogP contribution in [-0.2, 0) is 14.3 Å². The normalized spacial score (nSPS) is 11.4. The smallest absolute Gasteiger partial charge is 0.677 e. The van der Waals surface area contributed by atoms with Crippen LogP contribution < -0.4 is 29.6 Å². The van der Waals surface area contributed by atoms with Gasteiger partial charge in [0.05, 0.1) is 12.4 Å². The molecule has 22 heavy (non-hydrogen) atoms. The number of hydrogen-bond donors (Lipinski definition) is 0. The van der Waals surface area contributed by atoms with Crippen molar-refractivity contribution >= 4 is 10.1 Å². The Morgan fingerprint density at radius 2 is 1.18 bits per heavy atom. The average molecular weight is 344 g/mol. The molecule has 0 atom stereocenters. The van der Waals surface area contributed by atoms with Crippen LogP contribution in [0, 0.1) is 0 Å². The van der Waals surface area contributed by atoms with Crippen molar-refractivity contribution < 1.29 is 42.2 Å². The summed E-state index contributed by atoms with van der Waals surface area (Å²) in [7, 11) is -3.43. The zero-order chi connectivity index (χ0) is 15.8. The maximum atomic E-state index is 11.2. The standard InChI is InChI=1S/C16H34NO3S.Na/c1-2-3-4-5-6-7-8-9-10-11-12-13-15-20-21(18,19)16-14-17;/h17H,2-16H2,1H3;/q-1;+1. The predicted octanol–water partition coefficient (Wildman–Crippen LogP) is 2.09. The fourth-order valence-corrected chi connectivity index (χ4v) is 3.05. The van der Waals surface area contributed by atoms with E-state index in [-0.39, 0.29) is 48.5 Å². The van der Waals surface area contributed by atoms with E-state index in [1.165, 1.54) is 57.8 Å². The van der Waals surface area contributed by atoms with Gasteiger partial charge in [0.2, 0.25) is 0 Å². The fourth-order valence-electron chi connectivity index (χ4n) is 2.31. The van der Waals surface area contributed by atoms with Gasteiger partial charge in [0, 0.05) is 0 Å². The first-order chi connectivity index (χ1) is 10.1. The molecular formula is C16H34NNaO3S. The number of nitrogens with one attached hydrogen (secondary N) is 1. The molecule has 0 rings (SSSR count). The Bertz CT molecular complexity index is 311. The van der Waals surface area contributed by atoms with Crippen molar-refractivity contribution in [3.05, 3.63) is 5.73 Å². The Kier molecular flexibility index (Phi) is 20.8. The van der Waals surface area contributed by atoms with Crippen LogP contribution in [0.2, 0.25) is 0 Å². The van der Waals surface area contributed by atoms with Crippen LogP contribution in [0.25, 0.3) is 5.73 Å². The summed E-state index contributed by atoms with van der Waals surface area (Å²) >= 11 is 0. The molecule has 0 heterocycles. The Labute approximate surface area is 160 Å². The quantitative estimate of drug-likeness (QED) is 0.245. The number of unbranched alkanes of at least 4 members (excludes halogenated alkanes) is 11. The van der Waals surface area contributed by atoms with Crippen LogP contribution in [0.1, 0.15) is 84.0 Å². The minimum Gasteiger partial charge on any atom is -0.677 e. The van der Waals surface area contributed by atoms with Gasteiger partial charge >= 0.3 is 29.6 Å². The minimum atomic E-state index is -3.43. The Hall–Kier alpha value is 0.870. The molecule has 0 aliphatic carbocycles. The summed E-state index contributed by atoms with van der Waals surface area (Å²) in [5.74, 6) is -0.189. The van der Waals surface area contributed by atoms with E-state index in [0.29, 0.717) is 0 Å². The van der Waals surface area contributed by atoms with Crippen LogP contribution in [-0.4, -0.2) is 27.3 Å². The second kappa shape index (κ2) is 18.2. The van der Waals surface area contributed by atoms with Crippen LogP contribution in [0.5, 0.6) is 0 Å². The van der Waals surface area contributed by atoms with Gasteiger partial charge in [-0.1, -0.05) is 77.6 Å². The first-order valence-electron chi connectivity index (χ1n) is 8.64. The summed E-state index contributed by atoms with van der Waals surface area (Å²) in [5.41, 5.74) is 6.87. The van der Waals surface area contributed by atoms with Crippen molar-refractivity contribution in [2.45, 2.75) is 84.0 Å². The molecule has 0 aromatic carbocycles. The van der Waals surface area contributed by atoms with Gasteiger partial charge < -0.3 is 5.73 Å². The van der Waals surface area contributed by atoms with Crippen molar-refractivity contribution in [2.24, 2.45) is 0 Å². The van der Waals surface area contributed by atoms with Crippen LogP contribution in [0.4, 0.5) is 0 Å². The molecule has 0 radical (unpaired) electrons. The van der Waals surface area contributed by atoms with Gasteiger partial charge in [0.1, 0.15) is 0 Å². The van der Waals surface area contributed by atoms with Crippen molar-refractivity contribution in [1.82, 2.24) is 0 Å². The van der Waals surface area contributed by atoms with E-state index in [0.717, 1.165) is 19.3 Å². The topological polar surface area (TPSA) is 67.2 Å². The molecule has 0 fully saturated rings. The van der Waals surface area contributed by atoms with Gasteiger partial charge in [0.25, 0.3) is 10.1 Å². The molecular weight excluding hydrogens is 309 g/mol. The molecule has 1 N–H and O–H groups in total. The van der Waals surface area contributed by atoms with Crippen molar-refractivity contribution in [3.63, 3.8) is 0 Å². The second-order valence-corrected chi connectivity index (χ2v) is 7.48. The van der Waals surface area contributed by atoms with Crippen LogP contribution >= 0.6 is 0 Å². The fraction of sp³-hybridized carbons (Fsp3) is 1.00. The van der Waals surface area contributed by atoms with Crippen molar-refractivity contribution in [3.8, 4) is 0 Å². The maximum Gasteiger partial charge on any atom is 1.00 e. The summed E-state index contributed by atoms with van der Waals surface area (Å²) in [6.45, 7) is 2.40. The minimum absolute atomic E-state index is 0. The molecule has 0 aromatic heterocycles. The van der Waals surface area contributed by atoms with E-state index in [9.17, 15) is 8.42 Å². The summed E-state index contributed by atoms with van der Waals surface area (Å²) in [6.07, 6.45) is 15.1. The number of rotatable bonds is 16. The van der Waals surface area contributed by atoms with E-state index < -0.39 is 10.1 Å². The molecule has 6 heteroatoms. The van der Waals surface area contributed by atoms with E-state index in [1.54, 1.807) is 0 Å². The zero-order valence-electron chi connectivity index (χ0n) is 14.7. The molecule has 0 bridgehead atoms. The van der Waals surface area contributed by atoms with Crippen LogP contribution in [0.3, 0.4) is 0 Å². The third kappa shape index (κ3) is 18.9. The van der Waals surface area contributed by atoms with E-state index >= 15 is 0 Å². The third-order valence-corrected chi connectivity index (χ3v) is 4.84. The summed E-state index contributed by atoms with van der Waals surface area (Å²) in [4.78, 5) is 0. The molecule has 0 saturated carbocycles. The SMILES string of the molecule is CCCCCCCCCCCCCCOS(=O)(=O)CC[NH-].[Na+]. The van der Waals surface area contributed by atoms with E-state index in [4.69, 9.17) is 9.92 Å². The van der Waals surface area contributed by atoms with Gasteiger partial charge in [0.15, 0.2) is 0 Å². The van der Waals surface area contributed by atoms with Gasteiger partial charge in [-0.05, 0) is 6.42 Å². The molecule has 0 unspecified atom stereocenters. The molecule has 128 valence electrons. The van der Waals surface area contributed by atoms with Gasteiger partial charge in [-0.2, -0.15) is 8.42 Å². The monoisotopic (exact) mass is 343 g/mol. The van der Waals surface area contributed by atoms with Crippen molar-refractivity contribution in [2.75, 3.05) is 18.9 Å². The molecule has 4 nitrogen and oxygen atoms in total. The molecule has 0 amide bonds. The van der Waals surface area contributed by atoms with Gasteiger partial charge in [-0.3, -0.25) is 4.18 Å². The Balaban J connectivity index is 0. The zero-order valence-corrected chi connectivity index (χ0v) is 17.6. The molecule has 0 spiro atoms. The predicted molar refractivity (Wildman–Crippen MR) is 90.0 cm³/mol. The first-order valence-corrected chi connectivity index (χ1v) is 10.2.